The average Bonchev–Trinajstić information content (AvgIpc) is 2.67. The first-order valence-electron chi connectivity index (χ1n) is 8.48. The molecule has 4 heteroatoms. The quantitative estimate of drug-likeness (QED) is 0.429. The summed E-state index contributed by atoms with van der Waals surface area (Å²) in [6.45, 7) is 12.8. The molecule has 0 N–H and O–H groups in total. The molecule has 0 heterocycles. The highest BCUT2D eigenvalue weighted by Crippen LogP contribution is 2.42. The highest BCUT2D eigenvalue weighted by atomic mass is 28.4. The van der Waals surface area contributed by atoms with Crippen molar-refractivity contribution in [3.8, 4) is 0 Å². The zero-order chi connectivity index (χ0) is 17.3. The fourth-order valence-corrected chi connectivity index (χ4v) is 4.27. The number of hydrogen-bond acceptors (Lipinski definition) is 3. The van der Waals surface area contributed by atoms with Gasteiger partial charge in [0.05, 0.1) is 6.10 Å². The third kappa shape index (κ3) is 4.24. The maximum Gasteiger partial charge on any atom is 0.303 e. The number of hydrogen-bond donors (Lipinski definition) is 0. The minimum atomic E-state index is -1.91. The molecule has 0 aromatic carbocycles. The fourth-order valence-electron chi connectivity index (χ4n) is 2.90. The van der Waals surface area contributed by atoms with E-state index in [-0.39, 0.29) is 29.1 Å². The van der Waals surface area contributed by atoms with Gasteiger partial charge < -0.3 is 9.16 Å². The van der Waals surface area contributed by atoms with Crippen LogP contribution >= 0.6 is 0 Å². The first-order valence-corrected chi connectivity index (χ1v) is 11.4. The molecular formula is C19H30O3Si. The number of carbonyl (C=O) groups excluding carboxylic acids is 1. The maximum atomic E-state index is 11.5. The second-order valence-electron chi connectivity index (χ2n) is 8.09. The lowest BCUT2D eigenvalue weighted by Crippen LogP contribution is -2.49. The van der Waals surface area contributed by atoms with Gasteiger partial charge in [-0.25, -0.2) is 0 Å². The molecule has 0 aromatic heterocycles. The van der Waals surface area contributed by atoms with E-state index in [0.29, 0.717) is 5.92 Å². The van der Waals surface area contributed by atoms with Crippen molar-refractivity contribution in [1.29, 1.82) is 0 Å². The molecule has 4 atom stereocenters. The normalized spacial score (nSPS) is 30.7. The number of fused-ring (bicyclic) bond motifs is 2. The second-order valence-corrected chi connectivity index (χ2v) is 12.8. The van der Waals surface area contributed by atoms with Crippen molar-refractivity contribution < 1.29 is 14.0 Å². The SMILES string of the molecule is CC(=O)O[C@H]1C=CC[C@H]2C=CC=C[C@@H]1[C@@H]2O[Si](C)(C)C(C)(C)C. The van der Waals surface area contributed by atoms with Crippen LogP contribution < -0.4 is 0 Å². The van der Waals surface area contributed by atoms with Crippen LogP contribution in [0.3, 0.4) is 0 Å². The number of ether oxygens (including phenoxy) is 1. The fraction of sp³-hybridized carbons (Fsp3) is 0.632. The third-order valence-electron chi connectivity index (χ3n) is 5.26. The van der Waals surface area contributed by atoms with E-state index >= 15 is 0 Å². The van der Waals surface area contributed by atoms with Gasteiger partial charge in [-0.15, -0.1) is 0 Å². The molecule has 0 radical (unpaired) electrons. The molecule has 0 saturated carbocycles. The molecule has 0 saturated heterocycles. The smallest absolute Gasteiger partial charge is 0.303 e. The van der Waals surface area contributed by atoms with E-state index in [1.807, 2.05) is 6.08 Å². The Labute approximate surface area is 141 Å². The van der Waals surface area contributed by atoms with Gasteiger partial charge in [-0.05, 0) is 30.6 Å². The predicted molar refractivity (Wildman–Crippen MR) is 96.6 cm³/mol. The van der Waals surface area contributed by atoms with Gasteiger partial charge in [0.2, 0.25) is 0 Å². The summed E-state index contributed by atoms with van der Waals surface area (Å²) in [6, 6.07) is 0. The minimum Gasteiger partial charge on any atom is -0.458 e. The second kappa shape index (κ2) is 6.77. The molecule has 3 nitrogen and oxygen atoms in total. The van der Waals surface area contributed by atoms with Crippen molar-refractivity contribution in [2.24, 2.45) is 11.8 Å². The lowest BCUT2D eigenvalue weighted by Gasteiger charge is -2.43. The van der Waals surface area contributed by atoms with E-state index in [1.165, 1.54) is 6.92 Å². The monoisotopic (exact) mass is 334 g/mol. The summed E-state index contributed by atoms with van der Waals surface area (Å²) >= 11 is 0. The van der Waals surface area contributed by atoms with Gasteiger partial charge in [-0.1, -0.05) is 51.2 Å². The molecule has 0 spiro atoms. The van der Waals surface area contributed by atoms with Gasteiger partial charge in [0, 0.05) is 18.8 Å². The topological polar surface area (TPSA) is 35.5 Å². The number of allylic oxidation sites excluding steroid dienone is 3. The van der Waals surface area contributed by atoms with Crippen LogP contribution in [0.15, 0.2) is 36.5 Å². The minimum absolute atomic E-state index is 0.0465. The lowest BCUT2D eigenvalue weighted by atomic mass is 9.89. The van der Waals surface area contributed by atoms with E-state index in [9.17, 15) is 4.79 Å². The Morgan fingerprint density at radius 3 is 2.39 bits per heavy atom. The first kappa shape index (κ1) is 18.2. The summed E-state index contributed by atoms with van der Waals surface area (Å²) in [5.74, 6) is 0.141. The predicted octanol–water partition coefficient (Wildman–Crippen LogP) is 4.63. The molecule has 0 aliphatic heterocycles. The number of esters is 1. The van der Waals surface area contributed by atoms with Crippen molar-refractivity contribution in [2.75, 3.05) is 0 Å². The van der Waals surface area contributed by atoms with Crippen LogP contribution in [0.25, 0.3) is 0 Å². The van der Waals surface area contributed by atoms with Crippen molar-refractivity contribution in [3.63, 3.8) is 0 Å². The summed E-state index contributed by atoms with van der Waals surface area (Å²) in [7, 11) is -1.91. The van der Waals surface area contributed by atoms with Crippen LogP contribution in [-0.4, -0.2) is 26.5 Å². The highest BCUT2D eigenvalue weighted by molar-refractivity contribution is 6.74. The van der Waals surface area contributed by atoms with E-state index in [4.69, 9.17) is 9.16 Å². The summed E-state index contributed by atoms with van der Waals surface area (Å²) in [5.41, 5.74) is 0. The highest BCUT2D eigenvalue weighted by Gasteiger charge is 2.44. The van der Waals surface area contributed by atoms with Crippen LogP contribution in [-0.2, 0) is 14.0 Å². The maximum absolute atomic E-state index is 11.5. The summed E-state index contributed by atoms with van der Waals surface area (Å²) in [6.07, 6.45) is 13.4. The van der Waals surface area contributed by atoms with Gasteiger partial charge in [-0.3, -0.25) is 4.79 Å². The van der Waals surface area contributed by atoms with Crippen molar-refractivity contribution >= 4 is 14.3 Å². The summed E-state index contributed by atoms with van der Waals surface area (Å²) in [5, 5.41) is 0.153. The zero-order valence-electron chi connectivity index (χ0n) is 15.2. The Kier molecular flexibility index (Phi) is 5.36. The van der Waals surface area contributed by atoms with Crippen LogP contribution in [0.5, 0.6) is 0 Å². The van der Waals surface area contributed by atoms with Gasteiger partial charge in [0.15, 0.2) is 8.32 Å². The molecular weight excluding hydrogens is 304 g/mol. The summed E-state index contributed by atoms with van der Waals surface area (Å²) < 4.78 is 12.4. The van der Waals surface area contributed by atoms with E-state index in [1.54, 1.807) is 0 Å². The Morgan fingerprint density at radius 2 is 1.78 bits per heavy atom. The number of carbonyl (C=O) groups is 1. The van der Waals surface area contributed by atoms with E-state index < -0.39 is 8.32 Å². The molecule has 23 heavy (non-hydrogen) atoms. The molecule has 0 unspecified atom stereocenters. The average molecular weight is 335 g/mol. The Morgan fingerprint density at radius 1 is 1.13 bits per heavy atom. The van der Waals surface area contributed by atoms with Crippen molar-refractivity contribution in [1.82, 2.24) is 0 Å². The van der Waals surface area contributed by atoms with Gasteiger partial charge in [-0.2, -0.15) is 0 Å². The molecule has 128 valence electrons. The Hall–Kier alpha value is -1.13. The van der Waals surface area contributed by atoms with Crippen LogP contribution in [0.1, 0.15) is 34.1 Å². The molecule has 2 aliphatic carbocycles. The molecule has 0 fully saturated rings. The Bertz CT molecular complexity index is 525. The van der Waals surface area contributed by atoms with Crippen molar-refractivity contribution in [3.05, 3.63) is 36.5 Å². The lowest BCUT2D eigenvalue weighted by molar-refractivity contribution is -0.147. The standard InChI is InChI=1S/C19H30O3Si/c1-14(20)21-17-13-9-11-15-10-7-8-12-16(17)18(15)22-23(5,6)19(2,3)4/h7-10,12-13,15-18H,11H2,1-6H3/t15-,16+,17+,18-/m1/s1. The third-order valence-corrected chi connectivity index (χ3v) is 9.73. The molecule has 2 bridgehead atoms. The van der Waals surface area contributed by atoms with E-state index in [0.717, 1.165) is 6.42 Å². The zero-order valence-corrected chi connectivity index (χ0v) is 16.2. The molecule has 0 amide bonds. The molecule has 0 aromatic rings. The molecule has 2 aliphatic rings. The number of rotatable bonds is 3. The summed E-state index contributed by atoms with van der Waals surface area (Å²) in [4.78, 5) is 11.5. The first-order chi connectivity index (χ1) is 10.6. The Balaban J connectivity index is 2.33. The van der Waals surface area contributed by atoms with Crippen molar-refractivity contribution in [2.45, 2.75) is 64.5 Å². The van der Waals surface area contributed by atoms with Gasteiger partial charge in [0.25, 0.3) is 0 Å². The van der Waals surface area contributed by atoms with Crippen LogP contribution in [0.4, 0.5) is 0 Å². The van der Waals surface area contributed by atoms with E-state index in [2.05, 4.69) is 64.2 Å². The van der Waals surface area contributed by atoms with Crippen LogP contribution in [0, 0.1) is 11.8 Å². The molecule has 2 rings (SSSR count). The van der Waals surface area contributed by atoms with Gasteiger partial charge in [0.1, 0.15) is 6.10 Å². The van der Waals surface area contributed by atoms with Crippen LogP contribution in [0.2, 0.25) is 18.1 Å². The van der Waals surface area contributed by atoms with Gasteiger partial charge >= 0.3 is 5.97 Å². The largest absolute Gasteiger partial charge is 0.458 e.